The van der Waals surface area contributed by atoms with Crippen LogP contribution >= 0.6 is 25.5 Å². The van der Waals surface area contributed by atoms with Crippen molar-refractivity contribution >= 4 is 57.4 Å². The van der Waals surface area contributed by atoms with Crippen molar-refractivity contribution in [1.29, 1.82) is 0 Å². The van der Waals surface area contributed by atoms with E-state index < -0.39 is 27.9 Å². The van der Waals surface area contributed by atoms with Crippen molar-refractivity contribution in [3.05, 3.63) is 263 Å². The van der Waals surface area contributed by atoms with Crippen LogP contribution in [-0.4, -0.2) is 0 Å². The summed E-state index contributed by atoms with van der Waals surface area (Å²) in [4.78, 5) is 0. The number of nitrogens with one attached hydrogen (secondary N) is 2. The molecule has 0 aliphatic heterocycles. The van der Waals surface area contributed by atoms with E-state index in [4.69, 9.17) is 11.5 Å². The maximum atomic E-state index is 8.07. The molecule has 6 heteroatoms. The first-order chi connectivity index (χ1) is 29.6. The molecule has 0 spiro atoms. The van der Waals surface area contributed by atoms with Gasteiger partial charge in [-0.05, 0) is 109 Å². The van der Waals surface area contributed by atoms with Crippen molar-refractivity contribution in [1.82, 2.24) is 0 Å². The molecule has 0 heterocycles. The van der Waals surface area contributed by atoms with Crippen LogP contribution in [0.5, 0.6) is 0 Å². The molecule has 2 N–H and O–H groups in total. The monoisotopic (exact) mass is 925 g/mol. The molecule has 0 saturated heterocycles. The van der Waals surface area contributed by atoms with Crippen molar-refractivity contribution in [2.24, 2.45) is 0 Å². The molecule has 0 radical (unpaired) electrons. The Labute approximate surface area is 373 Å². The van der Waals surface area contributed by atoms with Crippen LogP contribution in [0.15, 0.2) is 218 Å². The fourth-order valence-corrected chi connectivity index (χ4v) is 13.8. The van der Waals surface area contributed by atoms with Crippen LogP contribution in [0.25, 0.3) is 11.5 Å². The van der Waals surface area contributed by atoms with E-state index in [-0.39, 0.29) is 0 Å². The van der Waals surface area contributed by atoms with E-state index in [1.807, 2.05) is 78.0 Å². The van der Waals surface area contributed by atoms with E-state index in [1.165, 1.54) is 43.5 Å². The van der Waals surface area contributed by atoms with Gasteiger partial charge in [0.15, 0.2) is 0 Å². The van der Waals surface area contributed by atoms with Crippen LogP contribution in [0, 0.1) is 0 Å². The van der Waals surface area contributed by atoms with Crippen molar-refractivity contribution < 1.29 is 17.3 Å². The molecule has 60 heavy (non-hydrogen) atoms. The standard InChI is InChI=1S/C40H34P2.C14H14N2.ClH.Ru/c1-5-13-35(14-6-1)41(36-15-7-2-8-16-36)39-29-31-21-25-33(39)27-23-32-22-26-34(28-24-31)40(30-32)42(37-17-9-3-10-18-37)38-19-11-4-12-20-38;15-13(11-7-3-1-4-8-11)14(16)12-9-5-2-6-10-12;;/h1-22,25-26,29-30H,23-24,27-28H2;1-10,13-16H;1H;/q;-2;;+3/p+1/t;13-,14-;;/m.1../s1. The number of aryl methyl sites for hydroxylation is 4. The molecule has 0 unspecified atom stereocenters. The van der Waals surface area contributed by atoms with Gasteiger partial charge >= 0.3 is 27.0 Å². The minimum absolute atomic E-state index is 0.524. The Kier molecular flexibility index (Phi) is 16.2. The summed E-state index contributed by atoms with van der Waals surface area (Å²) in [5.41, 5.74) is 23.8. The molecule has 0 fully saturated rings. The van der Waals surface area contributed by atoms with E-state index in [1.54, 1.807) is 10.6 Å². The van der Waals surface area contributed by atoms with Crippen molar-refractivity contribution in [3.63, 3.8) is 0 Å². The third kappa shape index (κ3) is 11.0. The number of benzene rings is 8. The van der Waals surface area contributed by atoms with Gasteiger partial charge in [-0.1, -0.05) is 169 Å². The quantitative estimate of drug-likeness (QED) is 0.102. The summed E-state index contributed by atoms with van der Waals surface area (Å²) in [6.45, 7) is 0. The summed E-state index contributed by atoms with van der Waals surface area (Å²) in [6, 6.07) is 77.7. The van der Waals surface area contributed by atoms with Crippen LogP contribution in [0.3, 0.4) is 0 Å². The Morgan fingerprint density at radius 2 is 0.617 bits per heavy atom. The van der Waals surface area contributed by atoms with Gasteiger partial charge in [-0.3, -0.25) is 0 Å². The Bertz CT molecular complexity index is 2240. The Morgan fingerprint density at radius 1 is 0.350 bits per heavy atom. The minimum Gasteiger partial charge on any atom is -0.672 e. The summed E-state index contributed by atoms with van der Waals surface area (Å²) in [6.07, 6.45) is 4.22. The minimum atomic E-state index is -1.12. The molecule has 4 aliphatic carbocycles. The number of hydrogen-bond donors (Lipinski definition) is 0. The molecule has 12 rings (SSSR count). The van der Waals surface area contributed by atoms with Crippen LogP contribution in [0.4, 0.5) is 0 Å². The second kappa shape index (κ2) is 22.3. The number of halogens is 1. The van der Waals surface area contributed by atoms with Gasteiger partial charge in [-0.25, -0.2) is 0 Å². The SMILES string of the molecule is [Cl][Ru+2].[NH-][C@H](c1ccccc1)[C@H]([NH-])c1ccccc1.c1ccc([PH+](c2ccccc2)c2cc3ccc2CCc2ccc(c([PH+](c4ccccc4)c4ccccc4)c2)CC3)cc1. The van der Waals surface area contributed by atoms with Gasteiger partial charge in [0.05, 0.1) is 15.8 Å². The molecule has 0 aromatic heterocycles. The molecule has 4 bridgehead atoms. The Hall–Kier alpha value is -4.55. The predicted octanol–water partition coefficient (Wildman–Crippen LogP) is 11.8. The van der Waals surface area contributed by atoms with Crippen LogP contribution in [0.1, 0.15) is 45.5 Å². The normalized spacial score (nSPS) is 12.9. The van der Waals surface area contributed by atoms with Crippen LogP contribution < -0.4 is 31.8 Å². The summed E-state index contributed by atoms with van der Waals surface area (Å²) in [5, 5.41) is 8.96. The zero-order chi connectivity index (χ0) is 41.5. The van der Waals surface area contributed by atoms with Gasteiger partial charge in [-0.15, -0.1) is 12.1 Å². The molecule has 2 nitrogen and oxygen atoms in total. The predicted molar refractivity (Wildman–Crippen MR) is 261 cm³/mol. The summed E-state index contributed by atoms with van der Waals surface area (Å²) < 4.78 is 0. The van der Waals surface area contributed by atoms with Crippen molar-refractivity contribution in [3.8, 4) is 0 Å². The third-order valence-corrected chi connectivity index (χ3v) is 16.8. The first kappa shape index (κ1) is 43.5. The fourth-order valence-electron chi connectivity index (χ4n) is 8.10. The van der Waals surface area contributed by atoms with Gasteiger partial charge in [0.2, 0.25) is 0 Å². The molecular formula is C54H50ClN2P2Ru+2. The van der Waals surface area contributed by atoms with Gasteiger partial charge in [0.1, 0.15) is 31.8 Å². The Balaban J connectivity index is 0.000000253. The number of hydrogen-bond acceptors (Lipinski definition) is 0. The van der Waals surface area contributed by atoms with E-state index in [2.05, 4.69) is 167 Å². The second-order valence-electron chi connectivity index (χ2n) is 15.0. The molecule has 8 aromatic rings. The summed E-state index contributed by atoms with van der Waals surface area (Å²) in [7, 11) is 2.33. The van der Waals surface area contributed by atoms with Crippen molar-refractivity contribution in [2.75, 3.05) is 0 Å². The van der Waals surface area contributed by atoms with Gasteiger partial charge in [-0.2, -0.15) is 0 Å². The van der Waals surface area contributed by atoms with Gasteiger partial charge < -0.3 is 11.5 Å². The maximum absolute atomic E-state index is 8.07. The van der Waals surface area contributed by atoms with E-state index in [0.29, 0.717) is 0 Å². The zero-order valence-corrected chi connectivity index (χ0v) is 38.0. The molecule has 0 amide bonds. The average Bonchev–Trinajstić information content (AvgIpc) is 3.33. The molecule has 0 saturated carbocycles. The maximum Gasteiger partial charge on any atom is 0.105 e. The van der Waals surface area contributed by atoms with Crippen molar-refractivity contribution in [2.45, 2.75) is 37.8 Å². The zero-order valence-electron chi connectivity index (χ0n) is 33.5. The first-order valence-corrected chi connectivity index (χ1v) is 25.7. The number of rotatable bonds is 9. The van der Waals surface area contributed by atoms with Gasteiger partial charge in [0, 0.05) is 0 Å². The van der Waals surface area contributed by atoms with Crippen LogP contribution in [-0.2, 0) is 43.0 Å². The largest absolute Gasteiger partial charge is 0.672 e. The van der Waals surface area contributed by atoms with Crippen LogP contribution in [0.2, 0.25) is 0 Å². The summed E-state index contributed by atoms with van der Waals surface area (Å²) in [5.74, 6) is 0. The molecule has 8 aromatic carbocycles. The van der Waals surface area contributed by atoms with E-state index in [9.17, 15) is 0 Å². The van der Waals surface area contributed by atoms with E-state index in [0.717, 1.165) is 36.8 Å². The van der Waals surface area contributed by atoms with Gasteiger partial charge in [0.25, 0.3) is 0 Å². The first-order valence-electron chi connectivity index (χ1n) is 20.5. The topological polar surface area (TPSA) is 47.6 Å². The molecule has 299 valence electrons. The molecule has 4 aliphatic rings. The Morgan fingerprint density at radius 3 is 0.900 bits per heavy atom. The molecule has 2 atom stereocenters. The fraction of sp³-hybridized carbons (Fsp3) is 0.111. The summed E-state index contributed by atoms with van der Waals surface area (Å²) >= 11 is 1.82. The second-order valence-corrected chi connectivity index (χ2v) is 19.9. The smallest absolute Gasteiger partial charge is 0.105 e. The third-order valence-electron chi connectivity index (χ3n) is 11.2. The molecular weight excluding hydrogens is 875 g/mol. The van der Waals surface area contributed by atoms with E-state index >= 15 is 0 Å². The average molecular weight is 925 g/mol.